The van der Waals surface area contributed by atoms with Gasteiger partial charge < -0.3 is 4.74 Å². The molecule has 5 nitrogen and oxygen atoms in total. The molecule has 0 radical (unpaired) electrons. The molecule has 0 aliphatic heterocycles. The van der Waals surface area contributed by atoms with Crippen LogP contribution < -0.4 is 10.3 Å². The normalized spacial score (nSPS) is 11.5. The van der Waals surface area contributed by atoms with E-state index in [2.05, 4.69) is 26.0 Å². The lowest BCUT2D eigenvalue weighted by molar-refractivity contribution is 0.305. The average molecular weight is 494 g/mol. The van der Waals surface area contributed by atoms with Gasteiger partial charge in [0, 0.05) is 16.0 Å². The number of hydrogen-bond donors (Lipinski definition) is 0. The van der Waals surface area contributed by atoms with E-state index in [0.717, 1.165) is 10.0 Å². The third-order valence-corrected chi connectivity index (χ3v) is 5.38. The van der Waals surface area contributed by atoms with Gasteiger partial charge in [0.2, 0.25) is 0 Å². The Labute approximate surface area is 193 Å². The number of benzene rings is 3. The lowest BCUT2D eigenvalue weighted by atomic mass is 10.2. The largest absolute Gasteiger partial charge is 0.488 e. The molecule has 3 aromatic carbocycles. The molecule has 0 aliphatic carbocycles. The summed E-state index contributed by atoms with van der Waals surface area (Å²) in [4.78, 5) is 17.8. The van der Waals surface area contributed by atoms with Gasteiger partial charge in [-0.2, -0.15) is 9.78 Å². The highest BCUT2D eigenvalue weighted by atomic mass is 79.9. The standard InChI is InChI=1S/C25H21BrFN3O2/c1-16(2)24-29-22-12-9-19(26)13-21(22)25(31)30(24)28-14-18-5-3-4-6-23(18)32-15-17-7-10-20(27)11-8-17/h3-14,16H,15H2,1-2H3. The summed E-state index contributed by atoms with van der Waals surface area (Å²) in [6.07, 6.45) is 1.60. The van der Waals surface area contributed by atoms with E-state index in [-0.39, 0.29) is 23.9 Å². The SMILES string of the molecule is CC(C)c1nc2ccc(Br)cc2c(=O)n1N=Cc1ccccc1OCc1ccc(F)cc1. The molecule has 32 heavy (non-hydrogen) atoms. The molecule has 0 unspecified atom stereocenters. The zero-order chi connectivity index (χ0) is 22.7. The number of aromatic nitrogens is 2. The van der Waals surface area contributed by atoms with Crippen LogP contribution in [0.2, 0.25) is 0 Å². The Bertz CT molecular complexity index is 1350. The summed E-state index contributed by atoms with van der Waals surface area (Å²) in [5.41, 5.74) is 1.96. The molecule has 1 aromatic heterocycles. The fourth-order valence-corrected chi connectivity index (χ4v) is 3.59. The van der Waals surface area contributed by atoms with Crippen molar-refractivity contribution in [1.82, 2.24) is 9.66 Å². The maximum absolute atomic E-state index is 13.2. The van der Waals surface area contributed by atoms with Crippen LogP contribution in [0.25, 0.3) is 10.9 Å². The van der Waals surface area contributed by atoms with Gasteiger partial charge in [-0.1, -0.05) is 54.0 Å². The first kappa shape index (κ1) is 21.9. The second kappa shape index (κ2) is 9.44. The minimum Gasteiger partial charge on any atom is -0.488 e. The monoisotopic (exact) mass is 493 g/mol. The van der Waals surface area contributed by atoms with Gasteiger partial charge in [0.05, 0.1) is 17.1 Å². The zero-order valence-electron chi connectivity index (χ0n) is 17.6. The van der Waals surface area contributed by atoms with E-state index in [1.54, 1.807) is 24.4 Å². The molecule has 4 rings (SSSR count). The van der Waals surface area contributed by atoms with Crippen molar-refractivity contribution in [2.24, 2.45) is 5.10 Å². The number of para-hydroxylation sites is 1. The van der Waals surface area contributed by atoms with Gasteiger partial charge in [0.1, 0.15) is 24.0 Å². The van der Waals surface area contributed by atoms with Crippen molar-refractivity contribution < 1.29 is 9.13 Å². The van der Waals surface area contributed by atoms with Gasteiger partial charge in [0.15, 0.2) is 0 Å². The minimum atomic E-state index is -0.288. The topological polar surface area (TPSA) is 56.5 Å². The molecule has 1 heterocycles. The number of rotatable bonds is 6. The molecule has 0 atom stereocenters. The minimum absolute atomic E-state index is 0.00198. The Hall–Kier alpha value is -3.32. The van der Waals surface area contributed by atoms with Crippen LogP contribution in [0.4, 0.5) is 4.39 Å². The van der Waals surface area contributed by atoms with Crippen LogP contribution in [0.3, 0.4) is 0 Å². The third-order valence-electron chi connectivity index (χ3n) is 4.89. The Morgan fingerprint density at radius 1 is 1.12 bits per heavy atom. The first-order chi connectivity index (χ1) is 15.4. The molecular weight excluding hydrogens is 473 g/mol. The molecule has 0 amide bonds. The molecule has 0 bridgehead atoms. The molecule has 0 saturated heterocycles. The molecule has 0 aliphatic rings. The Morgan fingerprint density at radius 2 is 1.88 bits per heavy atom. The predicted octanol–water partition coefficient (Wildman–Crippen LogP) is 5.88. The smallest absolute Gasteiger partial charge is 0.282 e. The van der Waals surface area contributed by atoms with E-state index in [0.29, 0.717) is 28.0 Å². The van der Waals surface area contributed by atoms with Gasteiger partial charge in [-0.3, -0.25) is 4.79 Å². The number of ether oxygens (including phenoxy) is 1. The highest BCUT2D eigenvalue weighted by Gasteiger charge is 2.14. The van der Waals surface area contributed by atoms with Crippen LogP contribution in [-0.4, -0.2) is 15.9 Å². The van der Waals surface area contributed by atoms with Crippen molar-refractivity contribution >= 4 is 33.0 Å². The van der Waals surface area contributed by atoms with E-state index in [9.17, 15) is 9.18 Å². The van der Waals surface area contributed by atoms with Crippen LogP contribution in [0, 0.1) is 5.82 Å². The Balaban J connectivity index is 1.69. The maximum Gasteiger partial charge on any atom is 0.282 e. The summed E-state index contributed by atoms with van der Waals surface area (Å²) in [6.45, 7) is 4.23. The second-order valence-corrected chi connectivity index (χ2v) is 8.52. The zero-order valence-corrected chi connectivity index (χ0v) is 19.2. The summed E-state index contributed by atoms with van der Waals surface area (Å²) in [7, 11) is 0. The van der Waals surface area contributed by atoms with Crippen LogP contribution in [0.1, 0.15) is 36.7 Å². The average Bonchev–Trinajstić information content (AvgIpc) is 2.79. The molecule has 0 spiro atoms. The predicted molar refractivity (Wildman–Crippen MR) is 128 cm³/mol. The van der Waals surface area contributed by atoms with Crippen molar-refractivity contribution in [2.75, 3.05) is 0 Å². The first-order valence-electron chi connectivity index (χ1n) is 10.1. The van der Waals surface area contributed by atoms with Gasteiger partial charge in [-0.25, -0.2) is 9.37 Å². The highest BCUT2D eigenvalue weighted by Crippen LogP contribution is 2.20. The summed E-state index contributed by atoms with van der Waals surface area (Å²) in [5, 5.41) is 4.96. The van der Waals surface area contributed by atoms with Crippen molar-refractivity contribution in [3.63, 3.8) is 0 Å². The maximum atomic E-state index is 13.2. The first-order valence-corrected chi connectivity index (χ1v) is 10.9. The van der Waals surface area contributed by atoms with Gasteiger partial charge >= 0.3 is 0 Å². The number of fused-ring (bicyclic) bond motifs is 1. The molecule has 7 heteroatoms. The number of halogens is 2. The molecular formula is C25H21BrFN3O2. The Kier molecular flexibility index (Phi) is 6.46. The van der Waals surface area contributed by atoms with Crippen molar-refractivity contribution in [3.8, 4) is 5.75 Å². The fourth-order valence-electron chi connectivity index (χ4n) is 3.23. The summed E-state index contributed by atoms with van der Waals surface area (Å²) < 4.78 is 21.2. The van der Waals surface area contributed by atoms with E-state index in [4.69, 9.17) is 4.74 Å². The van der Waals surface area contributed by atoms with Crippen LogP contribution in [0.15, 0.2) is 81.1 Å². The fraction of sp³-hybridized carbons (Fsp3) is 0.160. The van der Waals surface area contributed by atoms with Crippen LogP contribution in [0.5, 0.6) is 5.75 Å². The summed E-state index contributed by atoms with van der Waals surface area (Å²) in [5.74, 6) is 0.892. The van der Waals surface area contributed by atoms with Crippen molar-refractivity contribution in [2.45, 2.75) is 26.4 Å². The van der Waals surface area contributed by atoms with Crippen LogP contribution in [-0.2, 0) is 6.61 Å². The molecule has 0 N–H and O–H groups in total. The molecule has 0 saturated carbocycles. The lowest BCUT2D eigenvalue weighted by Gasteiger charge is -2.12. The van der Waals surface area contributed by atoms with Gasteiger partial charge in [0.25, 0.3) is 5.56 Å². The number of nitrogens with zero attached hydrogens (tertiary/aromatic N) is 3. The second-order valence-electron chi connectivity index (χ2n) is 7.60. The summed E-state index contributed by atoms with van der Waals surface area (Å²) >= 11 is 3.41. The molecule has 0 fully saturated rings. The van der Waals surface area contributed by atoms with Gasteiger partial charge in [-0.15, -0.1) is 0 Å². The highest BCUT2D eigenvalue weighted by molar-refractivity contribution is 9.10. The van der Waals surface area contributed by atoms with E-state index in [1.807, 2.05) is 50.2 Å². The van der Waals surface area contributed by atoms with Crippen molar-refractivity contribution in [1.29, 1.82) is 0 Å². The van der Waals surface area contributed by atoms with Crippen molar-refractivity contribution in [3.05, 3.63) is 104 Å². The van der Waals surface area contributed by atoms with Gasteiger partial charge in [-0.05, 0) is 48.0 Å². The number of hydrogen-bond acceptors (Lipinski definition) is 4. The Morgan fingerprint density at radius 3 is 2.62 bits per heavy atom. The third kappa shape index (κ3) is 4.78. The molecule has 4 aromatic rings. The quantitative estimate of drug-likeness (QED) is 0.315. The molecule has 162 valence electrons. The van der Waals surface area contributed by atoms with E-state index < -0.39 is 0 Å². The van der Waals surface area contributed by atoms with Crippen LogP contribution >= 0.6 is 15.9 Å². The van der Waals surface area contributed by atoms with E-state index in [1.165, 1.54) is 16.8 Å². The summed E-state index contributed by atoms with van der Waals surface area (Å²) in [6, 6.07) is 19.0. The lowest BCUT2D eigenvalue weighted by Crippen LogP contribution is -2.23. The van der Waals surface area contributed by atoms with E-state index >= 15 is 0 Å².